The third kappa shape index (κ3) is 3.05. The van der Waals surface area contributed by atoms with Crippen molar-refractivity contribution in [1.82, 2.24) is 15.5 Å². The van der Waals surface area contributed by atoms with Crippen molar-refractivity contribution in [1.29, 1.82) is 0 Å². The van der Waals surface area contributed by atoms with Gasteiger partial charge in [0.15, 0.2) is 5.82 Å². The average molecular weight is 314 g/mol. The number of aromatic nitrogens is 2. The number of nitrogens with zero attached hydrogens (tertiary/aromatic N) is 2. The number of hydrogen-bond acceptors (Lipinski definition) is 5. The Morgan fingerprint density at radius 2 is 2.20 bits per heavy atom. The van der Waals surface area contributed by atoms with Crippen LogP contribution >= 0.6 is 23.7 Å². The molecule has 1 N–H and O–H groups in total. The summed E-state index contributed by atoms with van der Waals surface area (Å²) < 4.78 is 5.44. The minimum Gasteiger partial charge on any atom is -0.334 e. The van der Waals surface area contributed by atoms with E-state index in [1.165, 1.54) is 29.7 Å². The van der Waals surface area contributed by atoms with E-state index in [9.17, 15) is 0 Å². The maximum absolute atomic E-state index is 5.44. The molecule has 3 rings (SSSR count). The van der Waals surface area contributed by atoms with E-state index in [2.05, 4.69) is 27.8 Å². The van der Waals surface area contributed by atoms with Crippen molar-refractivity contribution in [2.75, 3.05) is 7.05 Å². The lowest BCUT2D eigenvalue weighted by Gasteiger charge is -2.10. The van der Waals surface area contributed by atoms with Crippen molar-refractivity contribution in [3.05, 3.63) is 21.6 Å². The number of halogens is 1. The van der Waals surface area contributed by atoms with Crippen molar-refractivity contribution in [3.8, 4) is 11.5 Å². The highest BCUT2D eigenvalue weighted by Crippen LogP contribution is 2.35. The number of fused-ring (bicyclic) bond motifs is 1. The molecule has 6 heteroatoms. The fourth-order valence-corrected chi connectivity index (χ4v) is 3.62. The maximum atomic E-state index is 5.44. The Balaban J connectivity index is 0.00000147. The first-order chi connectivity index (χ1) is 9.28. The second-order valence-corrected chi connectivity index (χ2v) is 6.13. The minimum absolute atomic E-state index is 0. The van der Waals surface area contributed by atoms with Crippen molar-refractivity contribution >= 4 is 23.7 Å². The van der Waals surface area contributed by atoms with Crippen LogP contribution in [-0.4, -0.2) is 23.2 Å². The fraction of sp³-hybridized carbons (Fsp3) is 0.571. The van der Waals surface area contributed by atoms with E-state index in [-0.39, 0.29) is 12.4 Å². The molecule has 1 unspecified atom stereocenters. The molecule has 0 bridgehead atoms. The van der Waals surface area contributed by atoms with Gasteiger partial charge in [0.2, 0.25) is 0 Å². The number of nitrogens with one attached hydrogen (secondary N) is 1. The lowest BCUT2D eigenvalue weighted by atomic mass is 9.96. The number of likely N-dealkylation sites (N-methyl/N-ethyl adjacent to an activating group) is 1. The third-order valence-electron chi connectivity index (χ3n) is 3.74. The molecule has 0 saturated carbocycles. The normalized spacial score (nSPS) is 15.5. The quantitative estimate of drug-likeness (QED) is 0.941. The molecule has 1 atom stereocenters. The predicted molar refractivity (Wildman–Crippen MR) is 83.7 cm³/mol. The summed E-state index contributed by atoms with van der Waals surface area (Å²) in [7, 11) is 1.95. The molecular weight excluding hydrogens is 294 g/mol. The van der Waals surface area contributed by atoms with Gasteiger partial charge in [0.25, 0.3) is 5.89 Å². The van der Waals surface area contributed by atoms with Crippen molar-refractivity contribution in [3.63, 3.8) is 0 Å². The van der Waals surface area contributed by atoms with Crippen LogP contribution in [0.4, 0.5) is 0 Å². The summed E-state index contributed by atoms with van der Waals surface area (Å²) in [5.41, 5.74) is 2.60. The van der Waals surface area contributed by atoms with Crippen LogP contribution in [0.25, 0.3) is 11.5 Å². The van der Waals surface area contributed by atoms with Crippen LogP contribution in [0.5, 0.6) is 0 Å². The molecule has 2 heterocycles. The Labute approximate surface area is 129 Å². The van der Waals surface area contributed by atoms with Gasteiger partial charge in [0.1, 0.15) is 0 Å². The van der Waals surface area contributed by atoms with E-state index >= 15 is 0 Å². The van der Waals surface area contributed by atoms with E-state index in [4.69, 9.17) is 4.52 Å². The second-order valence-electron chi connectivity index (χ2n) is 5.17. The molecule has 1 aliphatic rings. The van der Waals surface area contributed by atoms with Crippen LogP contribution in [0.2, 0.25) is 0 Å². The molecule has 0 radical (unpaired) electrons. The summed E-state index contributed by atoms with van der Waals surface area (Å²) in [6.45, 7) is 2.11. The Bertz CT molecular complexity index is 567. The van der Waals surface area contributed by atoms with Crippen LogP contribution < -0.4 is 5.32 Å². The lowest BCUT2D eigenvalue weighted by molar-refractivity contribution is 0.418. The van der Waals surface area contributed by atoms with Crippen molar-refractivity contribution in [2.45, 2.75) is 45.1 Å². The van der Waals surface area contributed by atoms with Crippen LogP contribution in [0.1, 0.15) is 36.0 Å². The molecule has 0 aliphatic heterocycles. The van der Waals surface area contributed by atoms with E-state index in [1.807, 2.05) is 18.4 Å². The first kappa shape index (κ1) is 15.5. The van der Waals surface area contributed by atoms with Gasteiger partial charge in [-0.1, -0.05) is 5.16 Å². The largest absolute Gasteiger partial charge is 0.334 e. The molecular formula is C14H20ClN3OS. The molecule has 110 valence electrons. The zero-order valence-electron chi connectivity index (χ0n) is 11.8. The Morgan fingerprint density at radius 3 is 3.00 bits per heavy atom. The van der Waals surface area contributed by atoms with Crippen LogP contribution in [0.3, 0.4) is 0 Å². The highest BCUT2D eigenvalue weighted by molar-refractivity contribution is 7.10. The van der Waals surface area contributed by atoms with Gasteiger partial charge < -0.3 is 9.84 Å². The summed E-state index contributed by atoms with van der Waals surface area (Å²) in [5.74, 6) is 1.48. The highest BCUT2D eigenvalue weighted by Gasteiger charge is 2.20. The molecule has 0 amide bonds. The van der Waals surface area contributed by atoms with Gasteiger partial charge in [0.05, 0.1) is 5.56 Å². The van der Waals surface area contributed by atoms with E-state index in [1.54, 1.807) is 0 Å². The Kier molecular flexibility index (Phi) is 5.18. The summed E-state index contributed by atoms with van der Waals surface area (Å²) in [5, 5.41) is 9.45. The van der Waals surface area contributed by atoms with Crippen LogP contribution in [0.15, 0.2) is 9.90 Å². The Morgan fingerprint density at radius 1 is 1.40 bits per heavy atom. The third-order valence-corrected chi connectivity index (χ3v) is 4.83. The first-order valence-corrected chi connectivity index (χ1v) is 7.75. The van der Waals surface area contributed by atoms with Gasteiger partial charge in [0, 0.05) is 22.7 Å². The van der Waals surface area contributed by atoms with Gasteiger partial charge in [-0.05, 0) is 45.2 Å². The summed E-state index contributed by atoms with van der Waals surface area (Å²) >= 11 is 1.83. The van der Waals surface area contributed by atoms with Gasteiger partial charge in [-0.25, -0.2) is 0 Å². The van der Waals surface area contributed by atoms with Gasteiger partial charge in [-0.15, -0.1) is 23.7 Å². The molecule has 2 aromatic heterocycles. The zero-order valence-corrected chi connectivity index (χ0v) is 13.4. The molecule has 4 nitrogen and oxygen atoms in total. The molecule has 20 heavy (non-hydrogen) atoms. The molecule has 0 saturated heterocycles. The SMILES string of the molecule is CNC(C)Cc1noc(-c2csc3c2CCCC3)n1.Cl. The van der Waals surface area contributed by atoms with E-state index < -0.39 is 0 Å². The second kappa shape index (κ2) is 6.70. The molecule has 2 aromatic rings. The number of hydrogen-bond donors (Lipinski definition) is 1. The molecule has 0 aromatic carbocycles. The van der Waals surface area contributed by atoms with Crippen molar-refractivity contribution < 1.29 is 4.52 Å². The first-order valence-electron chi connectivity index (χ1n) is 6.87. The highest BCUT2D eigenvalue weighted by atomic mass is 35.5. The summed E-state index contributed by atoms with van der Waals surface area (Å²) in [6, 6.07) is 0.363. The fourth-order valence-electron chi connectivity index (χ4n) is 2.50. The average Bonchev–Trinajstić information content (AvgIpc) is 3.04. The standard InChI is InChI=1S/C14H19N3OS.ClH/c1-9(15-2)7-13-16-14(18-17-13)11-8-19-12-6-4-3-5-10(11)12;/h8-9,15H,3-7H2,1-2H3;1H. The molecule has 0 spiro atoms. The zero-order chi connectivity index (χ0) is 13.2. The Hall–Kier alpha value is -0.910. The number of thiophene rings is 1. The lowest BCUT2D eigenvalue weighted by Crippen LogP contribution is -2.24. The van der Waals surface area contributed by atoms with Crippen molar-refractivity contribution in [2.24, 2.45) is 0 Å². The van der Waals surface area contributed by atoms with Gasteiger partial charge >= 0.3 is 0 Å². The van der Waals surface area contributed by atoms with E-state index in [0.717, 1.165) is 24.2 Å². The summed E-state index contributed by atoms with van der Waals surface area (Å²) in [6.07, 6.45) is 5.74. The smallest absolute Gasteiger partial charge is 0.259 e. The molecule has 0 fully saturated rings. The monoisotopic (exact) mass is 313 g/mol. The summed E-state index contributed by atoms with van der Waals surface area (Å²) in [4.78, 5) is 6.04. The minimum atomic E-state index is 0. The maximum Gasteiger partial charge on any atom is 0.259 e. The number of aryl methyl sites for hydroxylation is 1. The molecule has 1 aliphatic carbocycles. The van der Waals surface area contributed by atoms with Gasteiger partial charge in [-0.2, -0.15) is 4.98 Å². The van der Waals surface area contributed by atoms with Crippen LogP contribution in [-0.2, 0) is 19.3 Å². The predicted octanol–water partition coefficient (Wildman–Crippen LogP) is 3.25. The topological polar surface area (TPSA) is 51.0 Å². The van der Waals surface area contributed by atoms with Crippen LogP contribution in [0, 0.1) is 0 Å². The van der Waals surface area contributed by atoms with E-state index in [0.29, 0.717) is 11.9 Å². The number of rotatable bonds is 4. The van der Waals surface area contributed by atoms with Gasteiger partial charge in [-0.3, -0.25) is 0 Å².